The quantitative estimate of drug-likeness (QED) is 0.883. The van der Waals surface area contributed by atoms with Crippen LogP contribution in [0.25, 0.3) is 11.3 Å². The standard InChI is InChI=1S/C16H21N3O2/c1-5-8-17-16-18-10-11(2)15(19-16)12-6-7-13(20-3)14(9-12)21-4/h6-7,9-10H,5,8H2,1-4H3,(H,17,18,19). The van der Waals surface area contributed by atoms with E-state index in [4.69, 9.17) is 9.47 Å². The van der Waals surface area contributed by atoms with Gasteiger partial charge in [0.25, 0.3) is 0 Å². The summed E-state index contributed by atoms with van der Waals surface area (Å²) in [5.74, 6) is 2.04. The number of hydrogen-bond donors (Lipinski definition) is 1. The fourth-order valence-electron chi connectivity index (χ4n) is 2.04. The average Bonchev–Trinajstić information content (AvgIpc) is 2.53. The zero-order valence-corrected chi connectivity index (χ0v) is 12.9. The number of methoxy groups -OCH3 is 2. The van der Waals surface area contributed by atoms with Gasteiger partial charge in [-0.05, 0) is 37.1 Å². The average molecular weight is 287 g/mol. The lowest BCUT2D eigenvalue weighted by molar-refractivity contribution is 0.355. The number of aromatic nitrogens is 2. The molecule has 2 aromatic rings. The smallest absolute Gasteiger partial charge is 0.223 e. The van der Waals surface area contributed by atoms with E-state index in [1.807, 2.05) is 31.3 Å². The first kappa shape index (κ1) is 15.1. The van der Waals surface area contributed by atoms with E-state index >= 15 is 0 Å². The van der Waals surface area contributed by atoms with Crippen LogP contribution >= 0.6 is 0 Å². The van der Waals surface area contributed by atoms with Gasteiger partial charge in [0.05, 0.1) is 19.9 Å². The molecule has 0 bridgehead atoms. The van der Waals surface area contributed by atoms with Crippen LogP contribution in [0.4, 0.5) is 5.95 Å². The largest absolute Gasteiger partial charge is 0.493 e. The molecule has 0 saturated carbocycles. The maximum atomic E-state index is 5.35. The van der Waals surface area contributed by atoms with Gasteiger partial charge in [0.2, 0.25) is 5.95 Å². The van der Waals surface area contributed by atoms with Crippen LogP contribution in [0.15, 0.2) is 24.4 Å². The molecule has 112 valence electrons. The molecule has 0 amide bonds. The molecule has 0 saturated heterocycles. The highest BCUT2D eigenvalue weighted by atomic mass is 16.5. The molecule has 0 radical (unpaired) electrons. The summed E-state index contributed by atoms with van der Waals surface area (Å²) in [4.78, 5) is 8.89. The molecular weight excluding hydrogens is 266 g/mol. The summed E-state index contributed by atoms with van der Waals surface area (Å²) in [5.41, 5.74) is 2.89. The monoisotopic (exact) mass is 287 g/mol. The number of ether oxygens (including phenoxy) is 2. The summed E-state index contributed by atoms with van der Waals surface area (Å²) in [6.07, 6.45) is 2.86. The molecule has 21 heavy (non-hydrogen) atoms. The first-order valence-corrected chi connectivity index (χ1v) is 6.99. The van der Waals surface area contributed by atoms with Crippen LogP contribution in [0.3, 0.4) is 0 Å². The van der Waals surface area contributed by atoms with Gasteiger partial charge in [0.15, 0.2) is 11.5 Å². The second kappa shape index (κ2) is 6.92. The van der Waals surface area contributed by atoms with Crippen LogP contribution in [0.2, 0.25) is 0 Å². The molecule has 1 heterocycles. The Labute approximate surface area is 125 Å². The number of benzene rings is 1. The first-order valence-electron chi connectivity index (χ1n) is 6.99. The maximum Gasteiger partial charge on any atom is 0.223 e. The van der Waals surface area contributed by atoms with Gasteiger partial charge < -0.3 is 14.8 Å². The zero-order valence-electron chi connectivity index (χ0n) is 12.9. The van der Waals surface area contributed by atoms with Crippen LogP contribution in [-0.4, -0.2) is 30.7 Å². The molecule has 5 heteroatoms. The number of hydrogen-bond acceptors (Lipinski definition) is 5. The first-order chi connectivity index (χ1) is 10.2. The molecule has 0 unspecified atom stereocenters. The summed E-state index contributed by atoms with van der Waals surface area (Å²) >= 11 is 0. The van der Waals surface area contributed by atoms with Crippen LogP contribution in [0.1, 0.15) is 18.9 Å². The second-order valence-corrected chi connectivity index (χ2v) is 4.72. The summed E-state index contributed by atoms with van der Waals surface area (Å²) < 4.78 is 10.6. The Morgan fingerprint density at radius 3 is 2.57 bits per heavy atom. The molecule has 0 aliphatic rings. The van der Waals surface area contributed by atoms with E-state index in [9.17, 15) is 0 Å². The second-order valence-electron chi connectivity index (χ2n) is 4.72. The summed E-state index contributed by atoms with van der Waals surface area (Å²) in [7, 11) is 3.25. The van der Waals surface area contributed by atoms with Crippen molar-refractivity contribution in [3.05, 3.63) is 30.0 Å². The number of aryl methyl sites for hydroxylation is 1. The van der Waals surface area contributed by atoms with E-state index in [-0.39, 0.29) is 0 Å². The highest BCUT2D eigenvalue weighted by molar-refractivity contribution is 5.67. The normalized spacial score (nSPS) is 10.3. The van der Waals surface area contributed by atoms with Crippen molar-refractivity contribution in [2.24, 2.45) is 0 Å². The van der Waals surface area contributed by atoms with E-state index < -0.39 is 0 Å². The lowest BCUT2D eigenvalue weighted by Gasteiger charge is -2.12. The van der Waals surface area contributed by atoms with Crippen molar-refractivity contribution in [1.82, 2.24) is 9.97 Å². The Kier molecular flexibility index (Phi) is 4.98. The van der Waals surface area contributed by atoms with Crippen molar-refractivity contribution < 1.29 is 9.47 Å². The fraction of sp³-hybridized carbons (Fsp3) is 0.375. The van der Waals surface area contributed by atoms with Gasteiger partial charge in [-0.15, -0.1) is 0 Å². The summed E-state index contributed by atoms with van der Waals surface area (Å²) in [5, 5.41) is 3.20. The predicted molar refractivity (Wildman–Crippen MR) is 84.1 cm³/mol. The van der Waals surface area contributed by atoms with Gasteiger partial charge in [-0.2, -0.15) is 0 Å². The van der Waals surface area contributed by atoms with Crippen molar-refractivity contribution in [1.29, 1.82) is 0 Å². The van der Waals surface area contributed by atoms with E-state index in [0.29, 0.717) is 17.4 Å². The molecule has 2 rings (SSSR count). The highest BCUT2D eigenvalue weighted by Crippen LogP contribution is 2.32. The number of anilines is 1. The number of rotatable bonds is 6. The molecule has 1 N–H and O–H groups in total. The minimum atomic E-state index is 0.646. The Hall–Kier alpha value is -2.30. The molecule has 0 aliphatic heterocycles. The van der Waals surface area contributed by atoms with E-state index in [2.05, 4.69) is 22.2 Å². The third-order valence-corrected chi connectivity index (χ3v) is 3.16. The third-order valence-electron chi connectivity index (χ3n) is 3.16. The van der Waals surface area contributed by atoms with Crippen molar-refractivity contribution >= 4 is 5.95 Å². The molecule has 0 atom stereocenters. The Bertz CT molecular complexity index is 614. The zero-order chi connectivity index (χ0) is 15.2. The van der Waals surface area contributed by atoms with Crippen LogP contribution < -0.4 is 14.8 Å². The predicted octanol–water partition coefficient (Wildman–Crippen LogP) is 3.29. The van der Waals surface area contributed by atoms with Gasteiger partial charge in [-0.3, -0.25) is 0 Å². The SMILES string of the molecule is CCCNc1ncc(C)c(-c2ccc(OC)c(OC)c2)n1. The van der Waals surface area contributed by atoms with E-state index in [0.717, 1.165) is 29.8 Å². The van der Waals surface area contributed by atoms with Crippen molar-refractivity contribution in [3.63, 3.8) is 0 Å². The molecular formula is C16H21N3O2. The summed E-state index contributed by atoms with van der Waals surface area (Å²) in [6.45, 7) is 4.96. The molecule has 1 aromatic carbocycles. The van der Waals surface area contributed by atoms with Gasteiger partial charge in [0.1, 0.15) is 0 Å². The lowest BCUT2D eigenvalue weighted by Crippen LogP contribution is -2.05. The van der Waals surface area contributed by atoms with E-state index in [1.165, 1.54) is 0 Å². The highest BCUT2D eigenvalue weighted by Gasteiger charge is 2.10. The Morgan fingerprint density at radius 2 is 1.90 bits per heavy atom. The minimum absolute atomic E-state index is 0.646. The topological polar surface area (TPSA) is 56.3 Å². The minimum Gasteiger partial charge on any atom is -0.493 e. The third kappa shape index (κ3) is 3.42. The molecule has 5 nitrogen and oxygen atoms in total. The Morgan fingerprint density at radius 1 is 1.14 bits per heavy atom. The van der Waals surface area contributed by atoms with E-state index in [1.54, 1.807) is 14.2 Å². The van der Waals surface area contributed by atoms with Gasteiger partial charge >= 0.3 is 0 Å². The molecule has 0 fully saturated rings. The molecule has 0 spiro atoms. The Balaban J connectivity index is 2.40. The van der Waals surface area contributed by atoms with Crippen LogP contribution in [0.5, 0.6) is 11.5 Å². The van der Waals surface area contributed by atoms with Gasteiger partial charge in [-0.1, -0.05) is 6.92 Å². The fourth-order valence-corrected chi connectivity index (χ4v) is 2.04. The maximum absolute atomic E-state index is 5.35. The van der Waals surface area contributed by atoms with Crippen LogP contribution in [0, 0.1) is 6.92 Å². The van der Waals surface area contributed by atoms with Crippen molar-refractivity contribution in [2.45, 2.75) is 20.3 Å². The number of nitrogens with one attached hydrogen (secondary N) is 1. The molecule has 1 aromatic heterocycles. The lowest BCUT2D eigenvalue weighted by atomic mass is 10.1. The van der Waals surface area contributed by atoms with Crippen molar-refractivity contribution in [3.8, 4) is 22.8 Å². The van der Waals surface area contributed by atoms with Crippen molar-refractivity contribution in [2.75, 3.05) is 26.1 Å². The van der Waals surface area contributed by atoms with Crippen LogP contribution in [-0.2, 0) is 0 Å². The van der Waals surface area contributed by atoms with Gasteiger partial charge in [0, 0.05) is 18.3 Å². The summed E-state index contributed by atoms with van der Waals surface area (Å²) in [6, 6.07) is 5.78. The van der Waals surface area contributed by atoms with Gasteiger partial charge in [-0.25, -0.2) is 9.97 Å². The number of nitrogens with zero attached hydrogens (tertiary/aromatic N) is 2. The molecule has 0 aliphatic carbocycles.